The molecule has 0 aromatic carbocycles. The van der Waals surface area contributed by atoms with Crippen molar-refractivity contribution in [3.05, 3.63) is 29.6 Å². The molecule has 3 nitrogen and oxygen atoms in total. The van der Waals surface area contributed by atoms with Crippen molar-refractivity contribution in [2.75, 3.05) is 13.2 Å². The first-order chi connectivity index (χ1) is 8.18. The summed E-state index contributed by atoms with van der Waals surface area (Å²) in [7, 11) is 0. The van der Waals surface area contributed by atoms with Gasteiger partial charge in [-0.25, -0.2) is 0 Å². The molecule has 1 aliphatic rings. The summed E-state index contributed by atoms with van der Waals surface area (Å²) in [6.07, 6.45) is 5.24. The second-order valence-electron chi connectivity index (χ2n) is 5.01. The molecule has 1 aliphatic heterocycles. The number of nitrogens with zero attached hydrogens (tertiary/aromatic N) is 1. The molecule has 0 bridgehead atoms. The molecule has 17 heavy (non-hydrogen) atoms. The van der Waals surface area contributed by atoms with Crippen molar-refractivity contribution >= 4 is 0 Å². The Labute approximate surface area is 104 Å². The maximum atomic E-state index is 5.63. The van der Waals surface area contributed by atoms with Crippen molar-refractivity contribution in [1.29, 1.82) is 0 Å². The fourth-order valence-electron chi connectivity index (χ4n) is 2.31. The quantitative estimate of drug-likeness (QED) is 0.864. The highest BCUT2D eigenvalue weighted by molar-refractivity contribution is 5.21. The van der Waals surface area contributed by atoms with Crippen LogP contribution < -0.4 is 5.32 Å². The lowest BCUT2D eigenvalue weighted by Gasteiger charge is -2.17. The zero-order valence-corrected chi connectivity index (χ0v) is 10.9. The summed E-state index contributed by atoms with van der Waals surface area (Å²) in [4.78, 5) is 4.11. The van der Waals surface area contributed by atoms with E-state index < -0.39 is 0 Å². The van der Waals surface area contributed by atoms with Gasteiger partial charge >= 0.3 is 0 Å². The summed E-state index contributed by atoms with van der Waals surface area (Å²) in [5.74, 6) is 0.605. The molecule has 0 aliphatic carbocycles. The lowest BCUT2D eigenvalue weighted by molar-refractivity contribution is 0.108. The summed E-state index contributed by atoms with van der Waals surface area (Å²) in [6.45, 7) is 8.38. The largest absolute Gasteiger partial charge is 0.377 e. The van der Waals surface area contributed by atoms with Crippen LogP contribution in [-0.4, -0.2) is 30.3 Å². The van der Waals surface area contributed by atoms with Gasteiger partial charge in [-0.05, 0) is 49.9 Å². The van der Waals surface area contributed by atoms with Gasteiger partial charge in [0.25, 0.3) is 0 Å². The Hall–Kier alpha value is -0.930. The molecule has 94 valence electrons. The minimum atomic E-state index is 0.384. The third kappa shape index (κ3) is 3.05. The van der Waals surface area contributed by atoms with Crippen LogP contribution in [0.3, 0.4) is 0 Å². The molecule has 1 saturated heterocycles. The predicted molar refractivity (Wildman–Crippen MR) is 69.0 cm³/mol. The molecule has 0 spiro atoms. The molecule has 3 unspecified atom stereocenters. The highest BCUT2D eigenvalue weighted by Gasteiger charge is 2.29. The number of aryl methyl sites for hydroxylation is 1. The van der Waals surface area contributed by atoms with Crippen molar-refractivity contribution < 1.29 is 4.74 Å². The zero-order valence-electron chi connectivity index (χ0n) is 10.9. The van der Waals surface area contributed by atoms with E-state index in [4.69, 9.17) is 4.74 Å². The fourth-order valence-corrected chi connectivity index (χ4v) is 2.31. The maximum absolute atomic E-state index is 5.63. The van der Waals surface area contributed by atoms with Crippen molar-refractivity contribution in [2.24, 2.45) is 5.92 Å². The van der Waals surface area contributed by atoms with Gasteiger partial charge in [0, 0.05) is 18.4 Å². The van der Waals surface area contributed by atoms with Crippen molar-refractivity contribution in [3.8, 4) is 0 Å². The van der Waals surface area contributed by atoms with Gasteiger partial charge < -0.3 is 10.1 Å². The molecule has 2 rings (SSSR count). The standard InChI is InChI=1S/C14H22N2O/c1-10-8-15-6-4-13(10)5-7-16-14-9-17-12(3)11(14)2/h4,6,8,11-12,14,16H,5,7,9H2,1-3H3. The lowest BCUT2D eigenvalue weighted by Crippen LogP contribution is -2.36. The van der Waals surface area contributed by atoms with Gasteiger partial charge in [0.1, 0.15) is 0 Å². The van der Waals surface area contributed by atoms with E-state index in [1.54, 1.807) is 0 Å². The van der Waals surface area contributed by atoms with Crippen molar-refractivity contribution in [1.82, 2.24) is 10.3 Å². The van der Waals surface area contributed by atoms with Crippen LogP contribution in [0.5, 0.6) is 0 Å². The van der Waals surface area contributed by atoms with E-state index in [-0.39, 0.29) is 0 Å². The summed E-state index contributed by atoms with van der Waals surface area (Å²) in [6, 6.07) is 2.61. The lowest BCUT2D eigenvalue weighted by atomic mass is 10.00. The number of pyridine rings is 1. The molecule has 1 aromatic heterocycles. The third-order valence-corrected chi connectivity index (χ3v) is 3.85. The van der Waals surface area contributed by atoms with Crippen LogP contribution >= 0.6 is 0 Å². The molecule has 0 saturated carbocycles. The van der Waals surface area contributed by atoms with Gasteiger partial charge in [0.2, 0.25) is 0 Å². The van der Waals surface area contributed by atoms with Gasteiger partial charge in [-0.15, -0.1) is 0 Å². The van der Waals surface area contributed by atoms with E-state index in [1.165, 1.54) is 11.1 Å². The Morgan fingerprint density at radius 1 is 1.47 bits per heavy atom. The maximum Gasteiger partial charge on any atom is 0.0626 e. The Bertz CT molecular complexity index is 367. The van der Waals surface area contributed by atoms with Crippen molar-refractivity contribution in [3.63, 3.8) is 0 Å². The average Bonchev–Trinajstić information content (AvgIpc) is 2.63. The second-order valence-corrected chi connectivity index (χ2v) is 5.01. The van der Waals surface area contributed by atoms with Crippen LogP contribution in [0.15, 0.2) is 18.5 Å². The first kappa shape index (κ1) is 12.5. The van der Waals surface area contributed by atoms with Crippen LogP contribution in [0.25, 0.3) is 0 Å². The predicted octanol–water partition coefficient (Wildman–Crippen LogP) is 1.95. The normalized spacial score (nSPS) is 28.5. The fraction of sp³-hybridized carbons (Fsp3) is 0.643. The Morgan fingerprint density at radius 3 is 2.94 bits per heavy atom. The van der Waals surface area contributed by atoms with E-state index in [0.717, 1.165) is 19.6 Å². The molecule has 3 atom stereocenters. The Balaban J connectivity index is 1.79. The van der Waals surface area contributed by atoms with Gasteiger partial charge in [-0.3, -0.25) is 4.98 Å². The highest BCUT2D eigenvalue weighted by atomic mass is 16.5. The van der Waals surface area contributed by atoms with Gasteiger partial charge in [0.05, 0.1) is 12.7 Å². The Kier molecular flexibility index (Phi) is 4.13. The third-order valence-electron chi connectivity index (χ3n) is 3.85. The van der Waals surface area contributed by atoms with E-state index in [9.17, 15) is 0 Å². The van der Waals surface area contributed by atoms with Crippen LogP contribution in [0.4, 0.5) is 0 Å². The van der Waals surface area contributed by atoms with E-state index in [0.29, 0.717) is 18.1 Å². The van der Waals surface area contributed by atoms with Gasteiger partial charge in [-0.2, -0.15) is 0 Å². The number of rotatable bonds is 4. The van der Waals surface area contributed by atoms with Crippen LogP contribution in [0.2, 0.25) is 0 Å². The van der Waals surface area contributed by atoms with Crippen LogP contribution in [-0.2, 0) is 11.2 Å². The summed E-state index contributed by atoms with van der Waals surface area (Å²) in [5, 5.41) is 3.59. The molecule has 0 amide bonds. The highest BCUT2D eigenvalue weighted by Crippen LogP contribution is 2.20. The molecule has 2 heterocycles. The molecule has 0 radical (unpaired) electrons. The minimum Gasteiger partial charge on any atom is -0.377 e. The molecule has 1 N–H and O–H groups in total. The van der Waals surface area contributed by atoms with E-state index >= 15 is 0 Å². The summed E-state index contributed by atoms with van der Waals surface area (Å²) < 4.78 is 5.63. The minimum absolute atomic E-state index is 0.384. The van der Waals surface area contributed by atoms with Crippen molar-refractivity contribution in [2.45, 2.75) is 39.3 Å². The molecule has 3 heteroatoms. The number of hydrogen-bond donors (Lipinski definition) is 1. The average molecular weight is 234 g/mol. The molecule has 1 fully saturated rings. The van der Waals surface area contributed by atoms with E-state index in [1.807, 2.05) is 12.4 Å². The molecular formula is C14H22N2O. The van der Waals surface area contributed by atoms with Gasteiger partial charge in [0.15, 0.2) is 0 Å². The first-order valence-electron chi connectivity index (χ1n) is 6.43. The summed E-state index contributed by atoms with van der Waals surface area (Å²) in [5.41, 5.74) is 2.66. The Morgan fingerprint density at radius 2 is 2.29 bits per heavy atom. The SMILES string of the molecule is Cc1cnccc1CCNC1COC(C)C1C. The smallest absolute Gasteiger partial charge is 0.0626 e. The number of nitrogens with one attached hydrogen (secondary N) is 1. The topological polar surface area (TPSA) is 34.2 Å². The first-order valence-corrected chi connectivity index (χ1v) is 6.43. The van der Waals surface area contributed by atoms with Crippen LogP contribution in [0, 0.1) is 12.8 Å². The van der Waals surface area contributed by atoms with Crippen LogP contribution in [0.1, 0.15) is 25.0 Å². The second kappa shape index (κ2) is 5.61. The zero-order chi connectivity index (χ0) is 12.3. The number of ether oxygens (including phenoxy) is 1. The molecular weight excluding hydrogens is 212 g/mol. The van der Waals surface area contributed by atoms with Gasteiger partial charge in [-0.1, -0.05) is 6.92 Å². The van der Waals surface area contributed by atoms with E-state index in [2.05, 4.69) is 37.1 Å². The number of aromatic nitrogens is 1. The number of hydrogen-bond acceptors (Lipinski definition) is 3. The molecule has 1 aromatic rings. The summed E-state index contributed by atoms with van der Waals surface area (Å²) >= 11 is 0. The monoisotopic (exact) mass is 234 g/mol.